The maximum atomic E-state index is 4.88. The lowest BCUT2D eigenvalue weighted by atomic mass is 10.0. The summed E-state index contributed by atoms with van der Waals surface area (Å²) in [6.45, 7) is 8.97. The van der Waals surface area contributed by atoms with Crippen molar-refractivity contribution in [1.82, 2.24) is 25.0 Å². The third-order valence-electron chi connectivity index (χ3n) is 4.51. The van der Waals surface area contributed by atoms with Gasteiger partial charge in [-0.05, 0) is 36.8 Å². The fourth-order valence-corrected chi connectivity index (χ4v) is 3.30. The second-order valence-corrected chi connectivity index (χ2v) is 6.78. The Labute approximate surface area is 150 Å². The lowest BCUT2D eigenvalue weighted by Crippen LogP contribution is -2.46. The van der Waals surface area contributed by atoms with E-state index in [1.807, 2.05) is 4.68 Å². The first kappa shape index (κ1) is 17.5. The summed E-state index contributed by atoms with van der Waals surface area (Å²) in [4.78, 5) is 11.3. The lowest BCUT2D eigenvalue weighted by molar-refractivity contribution is 0.266. The molecule has 6 nitrogen and oxygen atoms in total. The van der Waals surface area contributed by atoms with Gasteiger partial charge in [0.15, 0.2) is 5.96 Å². The zero-order valence-electron chi connectivity index (χ0n) is 15.2. The molecule has 2 aromatic rings. The van der Waals surface area contributed by atoms with Crippen molar-refractivity contribution in [3.05, 3.63) is 48.0 Å². The Kier molecular flexibility index (Phi) is 6.04. The lowest BCUT2D eigenvalue weighted by Gasteiger charge is -2.33. The van der Waals surface area contributed by atoms with Crippen LogP contribution in [0.1, 0.15) is 37.8 Å². The van der Waals surface area contributed by atoms with Crippen molar-refractivity contribution in [3.63, 3.8) is 0 Å². The van der Waals surface area contributed by atoms with Crippen molar-refractivity contribution in [2.45, 2.75) is 39.8 Å². The highest BCUT2D eigenvalue weighted by Gasteiger charge is 2.18. The summed E-state index contributed by atoms with van der Waals surface area (Å²) >= 11 is 0. The Morgan fingerprint density at radius 1 is 1.36 bits per heavy atom. The van der Waals surface area contributed by atoms with Gasteiger partial charge in [-0.2, -0.15) is 5.10 Å². The molecule has 0 bridgehead atoms. The molecular formula is C19H28N6. The normalized spacial score (nSPS) is 18.4. The van der Waals surface area contributed by atoms with Crippen LogP contribution in [0.2, 0.25) is 0 Å². The van der Waals surface area contributed by atoms with E-state index in [0.717, 1.165) is 38.1 Å². The Bertz CT molecular complexity index is 679. The largest absolute Gasteiger partial charge is 0.357 e. The molecule has 1 unspecified atom stereocenters. The fraction of sp³-hybridized carbons (Fsp3) is 0.526. The van der Waals surface area contributed by atoms with Crippen LogP contribution in [-0.4, -0.2) is 45.3 Å². The van der Waals surface area contributed by atoms with Gasteiger partial charge in [0.1, 0.15) is 12.7 Å². The molecule has 3 rings (SSSR count). The summed E-state index contributed by atoms with van der Waals surface area (Å²) < 4.78 is 1.83. The number of hydrogen-bond donors (Lipinski definition) is 1. The van der Waals surface area contributed by atoms with Crippen LogP contribution in [0.25, 0.3) is 0 Å². The van der Waals surface area contributed by atoms with E-state index in [9.17, 15) is 0 Å². The standard InChI is InChI=1S/C19H28N6/c1-3-21-19(24-9-5-6-16(2)12-24)22-11-17-7-4-8-18(10-17)13-25-15-20-14-23-25/h4,7-8,10,14-16H,3,5-6,9,11-13H2,1-2H3,(H,21,22). The summed E-state index contributed by atoms with van der Waals surface area (Å²) in [5.41, 5.74) is 2.44. The third-order valence-corrected chi connectivity index (χ3v) is 4.51. The Hall–Kier alpha value is -2.37. The van der Waals surface area contributed by atoms with Gasteiger partial charge in [0.2, 0.25) is 0 Å². The molecule has 0 radical (unpaired) electrons. The minimum Gasteiger partial charge on any atom is -0.357 e. The van der Waals surface area contributed by atoms with Crippen molar-refractivity contribution in [3.8, 4) is 0 Å². The van der Waals surface area contributed by atoms with Crippen LogP contribution in [-0.2, 0) is 13.1 Å². The second kappa shape index (κ2) is 8.65. The molecule has 1 aliphatic rings. The number of piperidine rings is 1. The molecule has 1 saturated heterocycles. The van der Waals surface area contributed by atoms with Gasteiger partial charge < -0.3 is 10.2 Å². The third kappa shape index (κ3) is 5.05. The molecule has 1 N–H and O–H groups in total. The minimum atomic E-state index is 0.693. The van der Waals surface area contributed by atoms with Crippen molar-refractivity contribution in [1.29, 1.82) is 0 Å². The maximum Gasteiger partial charge on any atom is 0.194 e. The van der Waals surface area contributed by atoms with Gasteiger partial charge in [-0.15, -0.1) is 0 Å². The predicted molar refractivity (Wildman–Crippen MR) is 100 cm³/mol. The molecule has 0 amide bonds. The molecule has 134 valence electrons. The highest BCUT2D eigenvalue weighted by Crippen LogP contribution is 2.16. The number of likely N-dealkylation sites (tertiary alicyclic amines) is 1. The van der Waals surface area contributed by atoms with Gasteiger partial charge in [-0.25, -0.2) is 14.7 Å². The molecule has 0 spiro atoms. The first-order valence-corrected chi connectivity index (χ1v) is 9.18. The highest BCUT2D eigenvalue weighted by atomic mass is 15.3. The molecule has 1 aromatic heterocycles. The monoisotopic (exact) mass is 340 g/mol. The van der Waals surface area contributed by atoms with Gasteiger partial charge in [0, 0.05) is 19.6 Å². The number of benzene rings is 1. The van der Waals surface area contributed by atoms with Gasteiger partial charge in [-0.3, -0.25) is 0 Å². The first-order chi connectivity index (χ1) is 12.2. The van der Waals surface area contributed by atoms with Crippen LogP contribution in [0.4, 0.5) is 0 Å². The van der Waals surface area contributed by atoms with E-state index in [1.165, 1.54) is 24.0 Å². The van der Waals surface area contributed by atoms with Gasteiger partial charge in [-0.1, -0.05) is 31.2 Å². The van der Waals surface area contributed by atoms with Crippen LogP contribution in [0.5, 0.6) is 0 Å². The van der Waals surface area contributed by atoms with Gasteiger partial charge >= 0.3 is 0 Å². The van der Waals surface area contributed by atoms with Crippen LogP contribution < -0.4 is 5.32 Å². The molecule has 25 heavy (non-hydrogen) atoms. The number of rotatable bonds is 5. The molecule has 6 heteroatoms. The average molecular weight is 340 g/mol. The smallest absolute Gasteiger partial charge is 0.194 e. The van der Waals surface area contributed by atoms with Crippen LogP contribution >= 0.6 is 0 Å². The summed E-state index contributed by atoms with van der Waals surface area (Å²) in [5.74, 6) is 1.78. The van der Waals surface area contributed by atoms with E-state index >= 15 is 0 Å². The fourth-order valence-electron chi connectivity index (χ4n) is 3.30. The van der Waals surface area contributed by atoms with E-state index in [2.05, 4.69) is 58.4 Å². The molecule has 1 aromatic carbocycles. The number of nitrogens with zero attached hydrogens (tertiary/aromatic N) is 5. The molecule has 1 aliphatic heterocycles. The van der Waals surface area contributed by atoms with E-state index in [0.29, 0.717) is 6.54 Å². The second-order valence-electron chi connectivity index (χ2n) is 6.78. The van der Waals surface area contributed by atoms with Crippen molar-refractivity contribution >= 4 is 5.96 Å². The molecule has 0 saturated carbocycles. The Morgan fingerprint density at radius 2 is 2.24 bits per heavy atom. The number of aliphatic imine (C=N–C) groups is 1. The van der Waals surface area contributed by atoms with Crippen LogP contribution in [0.3, 0.4) is 0 Å². The molecule has 1 atom stereocenters. The molecule has 0 aliphatic carbocycles. The van der Waals surface area contributed by atoms with Crippen molar-refractivity contribution in [2.75, 3.05) is 19.6 Å². The summed E-state index contributed by atoms with van der Waals surface area (Å²) in [5, 5.41) is 7.62. The maximum absolute atomic E-state index is 4.88. The van der Waals surface area contributed by atoms with Gasteiger partial charge in [0.05, 0.1) is 13.1 Å². The summed E-state index contributed by atoms with van der Waals surface area (Å²) in [6.07, 6.45) is 5.88. The molecular weight excluding hydrogens is 312 g/mol. The van der Waals surface area contributed by atoms with E-state index in [4.69, 9.17) is 4.99 Å². The van der Waals surface area contributed by atoms with E-state index < -0.39 is 0 Å². The number of guanidine groups is 1. The topological polar surface area (TPSA) is 58.3 Å². The predicted octanol–water partition coefficient (Wildman–Crippen LogP) is 2.52. The average Bonchev–Trinajstić information content (AvgIpc) is 3.12. The Morgan fingerprint density at radius 3 is 3.00 bits per heavy atom. The molecule has 2 heterocycles. The van der Waals surface area contributed by atoms with Gasteiger partial charge in [0.25, 0.3) is 0 Å². The Balaban J connectivity index is 1.67. The van der Waals surface area contributed by atoms with Crippen LogP contribution in [0.15, 0.2) is 41.9 Å². The van der Waals surface area contributed by atoms with Crippen LogP contribution in [0, 0.1) is 5.92 Å². The van der Waals surface area contributed by atoms with E-state index in [1.54, 1.807) is 12.7 Å². The van der Waals surface area contributed by atoms with E-state index in [-0.39, 0.29) is 0 Å². The SMILES string of the molecule is CCNC(=NCc1cccc(Cn2cncn2)c1)N1CCCC(C)C1. The van der Waals surface area contributed by atoms with Crippen molar-refractivity contribution < 1.29 is 0 Å². The summed E-state index contributed by atoms with van der Waals surface area (Å²) in [6, 6.07) is 8.55. The number of hydrogen-bond acceptors (Lipinski definition) is 3. The first-order valence-electron chi connectivity index (χ1n) is 9.18. The number of aromatic nitrogens is 3. The van der Waals surface area contributed by atoms with Crippen molar-refractivity contribution in [2.24, 2.45) is 10.9 Å². The summed E-state index contributed by atoms with van der Waals surface area (Å²) in [7, 11) is 0. The zero-order valence-corrected chi connectivity index (χ0v) is 15.2. The quantitative estimate of drug-likeness (QED) is 0.671. The number of nitrogens with one attached hydrogen (secondary N) is 1. The molecule has 1 fully saturated rings. The highest BCUT2D eigenvalue weighted by molar-refractivity contribution is 5.80. The zero-order chi connectivity index (χ0) is 17.5. The minimum absolute atomic E-state index is 0.693.